The lowest BCUT2D eigenvalue weighted by Gasteiger charge is -2.15. The molecule has 0 unspecified atom stereocenters. The number of rotatable bonds is 6. The largest absolute Gasteiger partial charge is 0.439 e. The van der Waals surface area contributed by atoms with Crippen molar-refractivity contribution in [1.82, 2.24) is 24.9 Å². The highest BCUT2D eigenvalue weighted by molar-refractivity contribution is 5.81. The van der Waals surface area contributed by atoms with E-state index in [1.165, 1.54) is 6.33 Å². The molecule has 0 fully saturated rings. The van der Waals surface area contributed by atoms with Crippen LogP contribution in [-0.4, -0.2) is 31.5 Å². The zero-order valence-electron chi connectivity index (χ0n) is 17.3. The van der Waals surface area contributed by atoms with Crippen LogP contribution in [0.5, 0.6) is 11.6 Å². The highest BCUT2D eigenvalue weighted by Gasteiger charge is 2.31. The second-order valence-corrected chi connectivity index (χ2v) is 7.08. The summed E-state index contributed by atoms with van der Waals surface area (Å²) in [7, 11) is 0. The molecule has 0 aliphatic heterocycles. The van der Waals surface area contributed by atoms with Crippen LogP contribution in [0.1, 0.15) is 22.3 Å². The number of halogens is 3. The lowest BCUT2D eigenvalue weighted by molar-refractivity contribution is -0.137. The van der Waals surface area contributed by atoms with Crippen molar-refractivity contribution in [3.63, 3.8) is 0 Å². The minimum Gasteiger partial charge on any atom is -0.439 e. The first-order chi connectivity index (χ1) is 15.3. The van der Waals surface area contributed by atoms with E-state index in [2.05, 4.69) is 30.2 Å². The number of pyridine rings is 1. The van der Waals surface area contributed by atoms with Crippen LogP contribution in [0.25, 0.3) is 11.2 Å². The summed E-state index contributed by atoms with van der Waals surface area (Å²) in [6.45, 7) is 4.41. The third-order valence-electron chi connectivity index (χ3n) is 5.08. The molecule has 32 heavy (non-hydrogen) atoms. The fourth-order valence-electron chi connectivity index (χ4n) is 3.23. The van der Waals surface area contributed by atoms with E-state index < -0.39 is 11.7 Å². The van der Waals surface area contributed by atoms with Crippen molar-refractivity contribution in [2.24, 2.45) is 0 Å². The van der Waals surface area contributed by atoms with Gasteiger partial charge in [0.05, 0.1) is 5.56 Å². The molecule has 0 saturated carbocycles. The minimum atomic E-state index is -4.45. The summed E-state index contributed by atoms with van der Waals surface area (Å²) in [6.07, 6.45) is 1.92. The maximum Gasteiger partial charge on any atom is 0.416 e. The van der Waals surface area contributed by atoms with Gasteiger partial charge in [-0.1, -0.05) is 6.07 Å². The molecule has 1 N–H and O–H groups in total. The Morgan fingerprint density at radius 3 is 2.53 bits per heavy atom. The van der Waals surface area contributed by atoms with Crippen LogP contribution in [0.15, 0.2) is 49.2 Å². The van der Waals surface area contributed by atoms with Gasteiger partial charge >= 0.3 is 6.18 Å². The Kier molecular flexibility index (Phi) is 5.85. The van der Waals surface area contributed by atoms with Gasteiger partial charge in [-0.3, -0.25) is 0 Å². The van der Waals surface area contributed by atoms with Gasteiger partial charge in [-0.05, 0) is 49.1 Å². The van der Waals surface area contributed by atoms with Gasteiger partial charge in [-0.15, -0.1) is 0 Å². The molecule has 0 atom stereocenters. The summed E-state index contributed by atoms with van der Waals surface area (Å²) in [5, 5.41) is 3.26. The SMILES string of the molecule is Cc1c(CCNc2ncnc3nccnc23)ccc(Oc2cc(C(F)(F)F)ccn2)c1C. The van der Waals surface area contributed by atoms with Crippen LogP contribution in [0.3, 0.4) is 0 Å². The van der Waals surface area contributed by atoms with Crippen molar-refractivity contribution in [3.05, 3.63) is 71.4 Å². The van der Waals surface area contributed by atoms with E-state index in [0.29, 0.717) is 35.7 Å². The van der Waals surface area contributed by atoms with Gasteiger partial charge < -0.3 is 10.1 Å². The van der Waals surface area contributed by atoms with Crippen molar-refractivity contribution in [3.8, 4) is 11.6 Å². The Morgan fingerprint density at radius 2 is 1.72 bits per heavy atom. The quantitative estimate of drug-likeness (QED) is 0.457. The number of anilines is 1. The fourth-order valence-corrected chi connectivity index (χ4v) is 3.23. The molecule has 0 saturated heterocycles. The van der Waals surface area contributed by atoms with Crippen LogP contribution >= 0.6 is 0 Å². The number of fused-ring (bicyclic) bond motifs is 1. The summed E-state index contributed by atoms with van der Waals surface area (Å²) in [5.41, 5.74) is 3.20. The Balaban J connectivity index is 1.46. The summed E-state index contributed by atoms with van der Waals surface area (Å²) in [4.78, 5) is 20.6. The molecule has 0 bridgehead atoms. The van der Waals surface area contributed by atoms with Gasteiger partial charge in [-0.25, -0.2) is 24.9 Å². The highest BCUT2D eigenvalue weighted by Crippen LogP contribution is 2.33. The number of ether oxygens (including phenoxy) is 1. The van der Waals surface area contributed by atoms with Crippen molar-refractivity contribution in [2.75, 3.05) is 11.9 Å². The highest BCUT2D eigenvalue weighted by atomic mass is 19.4. The van der Waals surface area contributed by atoms with Crippen molar-refractivity contribution >= 4 is 17.0 Å². The predicted molar refractivity (Wildman–Crippen MR) is 113 cm³/mol. The zero-order valence-corrected chi connectivity index (χ0v) is 17.3. The number of benzene rings is 1. The second-order valence-electron chi connectivity index (χ2n) is 7.08. The topological polar surface area (TPSA) is 85.7 Å². The van der Waals surface area contributed by atoms with Gasteiger partial charge in [0.25, 0.3) is 0 Å². The van der Waals surface area contributed by atoms with Crippen LogP contribution in [0.2, 0.25) is 0 Å². The summed E-state index contributed by atoms with van der Waals surface area (Å²) in [6, 6.07) is 5.44. The molecule has 10 heteroatoms. The summed E-state index contributed by atoms with van der Waals surface area (Å²) in [5.74, 6) is 0.963. The zero-order chi connectivity index (χ0) is 22.7. The van der Waals surface area contributed by atoms with Crippen LogP contribution in [-0.2, 0) is 12.6 Å². The molecule has 3 aromatic heterocycles. The summed E-state index contributed by atoms with van der Waals surface area (Å²) < 4.78 is 44.4. The molecule has 0 radical (unpaired) electrons. The van der Waals surface area contributed by atoms with Gasteiger partial charge in [0, 0.05) is 31.2 Å². The average Bonchev–Trinajstić information content (AvgIpc) is 2.78. The molecule has 164 valence electrons. The Hall–Kier alpha value is -3.82. The van der Waals surface area contributed by atoms with Gasteiger partial charge in [-0.2, -0.15) is 13.2 Å². The van der Waals surface area contributed by atoms with Crippen LogP contribution < -0.4 is 10.1 Å². The number of aromatic nitrogens is 5. The van der Waals surface area contributed by atoms with Gasteiger partial charge in [0.1, 0.15) is 17.6 Å². The number of nitrogens with zero attached hydrogens (tertiary/aromatic N) is 5. The lowest BCUT2D eigenvalue weighted by atomic mass is 10.00. The first-order valence-corrected chi connectivity index (χ1v) is 9.78. The molecule has 4 rings (SSSR count). The monoisotopic (exact) mass is 440 g/mol. The Morgan fingerprint density at radius 1 is 0.906 bits per heavy atom. The molecular weight excluding hydrogens is 421 g/mol. The average molecular weight is 440 g/mol. The molecule has 0 aliphatic carbocycles. The van der Waals surface area contributed by atoms with Gasteiger partial charge in [0.2, 0.25) is 5.88 Å². The standard InChI is InChI=1S/C22H19F3N6O/c1-13-14(2)17(32-18-11-16(6-8-26-18)22(23,24)25)4-3-15(13)5-7-28-20-19-21(31-12-30-20)29-10-9-27-19/h3-4,6,8-12H,5,7H2,1-2H3,(H,28,29,30,31). The van der Waals surface area contributed by atoms with Gasteiger partial charge in [0.15, 0.2) is 11.5 Å². The Bertz CT molecular complexity index is 1260. The second kappa shape index (κ2) is 8.74. The van der Waals surface area contributed by atoms with Crippen LogP contribution in [0.4, 0.5) is 19.0 Å². The minimum absolute atomic E-state index is 0.103. The number of alkyl halides is 3. The van der Waals surface area contributed by atoms with E-state index in [1.54, 1.807) is 18.5 Å². The Labute approximate surface area is 181 Å². The van der Waals surface area contributed by atoms with Crippen molar-refractivity contribution in [1.29, 1.82) is 0 Å². The maximum absolute atomic E-state index is 12.9. The van der Waals surface area contributed by atoms with Crippen molar-refractivity contribution in [2.45, 2.75) is 26.4 Å². The van der Waals surface area contributed by atoms with Crippen LogP contribution in [0, 0.1) is 13.8 Å². The fraction of sp³-hybridized carbons (Fsp3) is 0.227. The number of hydrogen-bond donors (Lipinski definition) is 1. The smallest absolute Gasteiger partial charge is 0.416 e. The molecule has 7 nitrogen and oxygen atoms in total. The first kappa shape index (κ1) is 21.4. The third kappa shape index (κ3) is 4.58. The number of hydrogen-bond acceptors (Lipinski definition) is 7. The molecule has 4 aromatic rings. The molecule has 1 aromatic carbocycles. The third-order valence-corrected chi connectivity index (χ3v) is 5.08. The lowest BCUT2D eigenvalue weighted by Crippen LogP contribution is -2.09. The van der Waals surface area contributed by atoms with E-state index in [0.717, 1.165) is 35.0 Å². The van der Waals surface area contributed by atoms with E-state index in [9.17, 15) is 13.2 Å². The molecule has 3 heterocycles. The molecule has 0 amide bonds. The predicted octanol–water partition coefficient (Wildman–Crippen LogP) is 4.90. The van der Waals surface area contributed by atoms with E-state index in [4.69, 9.17) is 4.74 Å². The maximum atomic E-state index is 12.9. The normalized spacial score (nSPS) is 11.5. The van der Waals surface area contributed by atoms with E-state index in [-0.39, 0.29) is 5.88 Å². The first-order valence-electron chi connectivity index (χ1n) is 9.78. The van der Waals surface area contributed by atoms with E-state index >= 15 is 0 Å². The van der Waals surface area contributed by atoms with Crippen molar-refractivity contribution < 1.29 is 17.9 Å². The van der Waals surface area contributed by atoms with E-state index in [1.807, 2.05) is 19.9 Å². The number of nitrogens with one attached hydrogen (secondary N) is 1. The summed E-state index contributed by atoms with van der Waals surface area (Å²) >= 11 is 0. The molecule has 0 spiro atoms. The molecule has 0 aliphatic rings. The molecular formula is C22H19F3N6O.